The lowest BCUT2D eigenvalue weighted by Gasteiger charge is -2.24. The topological polar surface area (TPSA) is 61.8 Å². The Morgan fingerprint density at radius 1 is 1.06 bits per heavy atom. The van der Waals surface area contributed by atoms with Crippen molar-refractivity contribution in [2.75, 3.05) is 24.9 Å². The molecule has 0 saturated carbocycles. The van der Waals surface area contributed by atoms with Crippen molar-refractivity contribution in [3.05, 3.63) is 0 Å². The highest BCUT2D eigenvalue weighted by molar-refractivity contribution is 8.57. The van der Waals surface area contributed by atoms with Crippen LogP contribution in [0, 0.1) is 0 Å². The van der Waals surface area contributed by atoms with Crippen molar-refractivity contribution in [3.8, 4) is 0 Å². The van der Waals surface area contributed by atoms with E-state index >= 15 is 0 Å². The first-order valence-corrected chi connectivity index (χ1v) is 11.2. The van der Waals surface area contributed by atoms with Crippen molar-refractivity contribution in [2.45, 2.75) is 40.7 Å². The highest BCUT2D eigenvalue weighted by atomic mass is 32.7. The van der Waals surface area contributed by atoms with Crippen LogP contribution >= 0.6 is 25.5 Å². The van der Waals surface area contributed by atoms with Crippen LogP contribution in [0.3, 0.4) is 0 Å². The molecule has 8 heteroatoms. The molecule has 0 rings (SSSR count). The van der Waals surface area contributed by atoms with E-state index in [2.05, 4.69) is 0 Å². The zero-order valence-electron chi connectivity index (χ0n) is 11.7. The molecule has 0 aliphatic heterocycles. The summed E-state index contributed by atoms with van der Waals surface area (Å²) in [7, 11) is -3.34. The average molecular weight is 318 g/mol. The predicted molar refractivity (Wildman–Crippen MR) is 77.7 cm³/mol. The lowest BCUT2D eigenvalue weighted by Crippen LogP contribution is -2.05. The fraction of sp³-hybridized carbons (Fsp3) is 1.00. The molecule has 0 aromatic heterocycles. The van der Waals surface area contributed by atoms with Gasteiger partial charge in [-0.15, -0.1) is 0 Å². The van der Waals surface area contributed by atoms with Gasteiger partial charge >= 0.3 is 7.60 Å². The molecule has 0 aliphatic carbocycles. The molecule has 0 amide bonds. The molecule has 110 valence electrons. The highest BCUT2D eigenvalue weighted by Gasteiger charge is 2.37. The molecule has 0 N–H and O–H groups in total. The van der Waals surface area contributed by atoms with Gasteiger partial charge in [-0.05, 0) is 33.4 Å². The normalized spacial score (nSPS) is 15.9. The summed E-state index contributed by atoms with van der Waals surface area (Å²) in [6, 6.07) is 0. The van der Waals surface area contributed by atoms with E-state index in [0.717, 1.165) is 0 Å². The van der Waals surface area contributed by atoms with Gasteiger partial charge < -0.3 is 13.6 Å². The van der Waals surface area contributed by atoms with Gasteiger partial charge in [-0.1, -0.05) is 18.3 Å². The molecular weight excluding hydrogens is 294 g/mol. The van der Waals surface area contributed by atoms with Crippen molar-refractivity contribution in [3.63, 3.8) is 0 Å². The maximum absolute atomic E-state index is 12.6. The molecular formula is C10H24O5P2S. The summed E-state index contributed by atoms with van der Waals surface area (Å²) in [6.07, 6.45) is -0.188. The van der Waals surface area contributed by atoms with E-state index in [1.54, 1.807) is 27.7 Å². The Hall–Kier alpha value is 0.690. The molecule has 0 aliphatic rings. The largest absolute Gasteiger partial charge is 0.341 e. The predicted octanol–water partition coefficient (Wildman–Crippen LogP) is 4.58. The first-order valence-electron chi connectivity index (χ1n) is 6.11. The Morgan fingerprint density at radius 3 is 1.89 bits per heavy atom. The van der Waals surface area contributed by atoms with Crippen LogP contribution in [0.4, 0.5) is 0 Å². The van der Waals surface area contributed by atoms with Crippen molar-refractivity contribution in [1.29, 1.82) is 0 Å². The standard InChI is InChI=1S/C10H24O5P2S/c1-6-13-16(11,14-7-2)9-17(12,18-8-3)15-10(4)5/h10H,6-9H2,1-5H3. The van der Waals surface area contributed by atoms with E-state index in [4.69, 9.17) is 13.6 Å². The maximum atomic E-state index is 12.6. The van der Waals surface area contributed by atoms with Crippen LogP contribution in [0.15, 0.2) is 0 Å². The Morgan fingerprint density at radius 2 is 1.56 bits per heavy atom. The molecule has 0 radical (unpaired) electrons. The second kappa shape index (κ2) is 8.78. The van der Waals surface area contributed by atoms with Gasteiger partial charge in [0, 0.05) is 0 Å². The quantitative estimate of drug-likeness (QED) is 0.549. The van der Waals surface area contributed by atoms with E-state index in [1.165, 1.54) is 11.4 Å². The lowest BCUT2D eigenvalue weighted by atomic mass is 10.5. The molecule has 0 bridgehead atoms. The van der Waals surface area contributed by atoms with Gasteiger partial charge in [0.1, 0.15) is 5.90 Å². The summed E-state index contributed by atoms with van der Waals surface area (Å²) >= 11 is 1.19. The second-order valence-corrected chi connectivity index (χ2v) is 11.4. The van der Waals surface area contributed by atoms with Gasteiger partial charge in [-0.3, -0.25) is 9.13 Å². The molecule has 0 aromatic rings. The number of hydrogen-bond donors (Lipinski definition) is 0. The fourth-order valence-electron chi connectivity index (χ4n) is 1.35. The van der Waals surface area contributed by atoms with Crippen LogP contribution < -0.4 is 0 Å². The third-order valence-corrected chi connectivity index (χ3v) is 10.4. The zero-order valence-corrected chi connectivity index (χ0v) is 14.4. The van der Waals surface area contributed by atoms with E-state index in [-0.39, 0.29) is 25.2 Å². The maximum Gasteiger partial charge on any atom is 0.341 e. The molecule has 0 fully saturated rings. The van der Waals surface area contributed by atoms with Crippen molar-refractivity contribution in [1.82, 2.24) is 0 Å². The van der Waals surface area contributed by atoms with Crippen LogP contribution in [-0.2, 0) is 22.7 Å². The van der Waals surface area contributed by atoms with E-state index in [9.17, 15) is 9.13 Å². The molecule has 0 saturated heterocycles. The molecule has 0 spiro atoms. The van der Waals surface area contributed by atoms with Crippen LogP contribution in [0.1, 0.15) is 34.6 Å². The monoisotopic (exact) mass is 318 g/mol. The van der Waals surface area contributed by atoms with Gasteiger partial charge in [-0.25, -0.2) is 0 Å². The molecule has 1 unspecified atom stereocenters. The zero-order chi connectivity index (χ0) is 14.2. The van der Waals surface area contributed by atoms with Crippen LogP contribution in [0.2, 0.25) is 0 Å². The Balaban J connectivity index is 4.91. The van der Waals surface area contributed by atoms with Gasteiger partial charge in [0.25, 0.3) is 6.57 Å². The molecule has 5 nitrogen and oxygen atoms in total. The Kier molecular flexibility index (Phi) is 9.12. The Labute approximate surface area is 114 Å². The number of rotatable bonds is 10. The second-order valence-electron chi connectivity index (χ2n) is 3.77. The summed E-state index contributed by atoms with van der Waals surface area (Å²) in [6.45, 7) is 6.41. The van der Waals surface area contributed by atoms with E-state index in [1.807, 2.05) is 6.92 Å². The van der Waals surface area contributed by atoms with Gasteiger partial charge in [0.05, 0.1) is 19.3 Å². The first-order chi connectivity index (χ1) is 8.31. The summed E-state index contributed by atoms with van der Waals surface area (Å²) in [4.78, 5) is 0. The average Bonchev–Trinajstić information content (AvgIpc) is 2.15. The highest BCUT2D eigenvalue weighted by Crippen LogP contribution is 2.70. The van der Waals surface area contributed by atoms with Crippen LogP contribution in [0.25, 0.3) is 0 Å². The third-order valence-electron chi connectivity index (χ3n) is 1.70. The molecule has 1 atom stereocenters. The Bertz CT molecular complexity index is 311. The van der Waals surface area contributed by atoms with E-state index in [0.29, 0.717) is 5.75 Å². The minimum Gasteiger partial charge on any atom is -0.318 e. The van der Waals surface area contributed by atoms with Gasteiger partial charge in [0.2, 0.25) is 0 Å². The van der Waals surface area contributed by atoms with Gasteiger partial charge in [0.15, 0.2) is 0 Å². The molecule has 18 heavy (non-hydrogen) atoms. The molecule has 0 heterocycles. The first kappa shape index (κ1) is 18.7. The van der Waals surface area contributed by atoms with Crippen molar-refractivity contribution < 1.29 is 22.7 Å². The summed E-state index contributed by atoms with van der Waals surface area (Å²) in [5.41, 5.74) is 0. The van der Waals surface area contributed by atoms with Crippen molar-refractivity contribution >= 4 is 25.5 Å². The van der Waals surface area contributed by atoms with Gasteiger partial charge in [-0.2, -0.15) is 0 Å². The van der Waals surface area contributed by atoms with Crippen LogP contribution in [-0.4, -0.2) is 31.0 Å². The summed E-state index contributed by atoms with van der Waals surface area (Å²) in [5, 5.41) is 0. The lowest BCUT2D eigenvalue weighted by molar-refractivity contribution is 0.219. The summed E-state index contributed by atoms with van der Waals surface area (Å²) in [5.74, 6) is 0.459. The smallest absolute Gasteiger partial charge is 0.318 e. The third kappa shape index (κ3) is 7.32. The van der Waals surface area contributed by atoms with E-state index < -0.39 is 14.2 Å². The summed E-state index contributed by atoms with van der Waals surface area (Å²) < 4.78 is 40.7. The van der Waals surface area contributed by atoms with Crippen molar-refractivity contribution in [2.24, 2.45) is 0 Å². The number of hydrogen-bond acceptors (Lipinski definition) is 6. The minimum atomic E-state index is -3.34. The molecule has 0 aromatic carbocycles. The fourth-order valence-corrected chi connectivity index (χ4v) is 10.1. The SMILES string of the molecule is CCOP(=O)(CP(=O)(OC(C)C)SCC)OCC. The minimum absolute atomic E-state index is 0.168. The van der Waals surface area contributed by atoms with Crippen LogP contribution in [0.5, 0.6) is 0 Å².